The first kappa shape index (κ1) is 19.5. The Hall–Kier alpha value is -1.31. The van der Waals surface area contributed by atoms with E-state index in [4.69, 9.17) is 34.8 Å². The number of nitrogens with one attached hydrogen (secondary N) is 1. The van der Waals surface area contributed by atoms with Crippen LogP contribution in [0.5, 0.6) is 0 Å². The van der Waals surface area contributed by atoms with E-state index in [-0.39, 0.29) is 4.90 Å². The molecule has 1 N–H and O–H groups in total. The third-order valence-corrected chi connectivity index (χ3v) is 6.51. The second-order valence-electron chi connectivity index (χ2n) is 5.77. The van der Waals surface area contributed by atoms with E-state index in [1.165, 1.54) is 24.3 Å². The molecule has 0 aliphatic rings. The maximum Gasteiger partial charge on any atom is 0.241 e. The van der Waals surface area contributed by atoms with Gasteiger partial charge in [0.25, 0.3) is 0 Å². The van der Waals surface area contributed by atoms with Gasteiger partial charge in [0.15, 0.2) is 0 Å². The van der Waals surface area contributed by atoms with Crippen LogP contribution in [-0.4, -0.2) is 18.0 Å². The summed E-state index contributed by atoms with van der Waals surface area (Å²) in [4.78, 5) is 4.69. The molecule has 1 unspecified atom stereocenters. The van der Waals surface area contributed by atoms with Gasteiger partial charge in [-0.1, -0.05) is 34.8 Å². The number of benzene rings is 2. The number of sulfonamides is 1. The van der Waals surface area contributed by atoms with Crippen LogP contribution in [0.25, 0.3) is 11.0 Å². The van der Waals surface area contributed by atoms with Crippen LogP contribution in [-0.2, 0) is 16.6 Å². The van der Waals surface area contributed by atoms with Crippen LogP contribution in [0.15, 0.2) is 41.3 Å². The van der Waals surface area contributed by atoms with Gasteiger partial charge in [-0.3, -0.25) is 0 Å². The van der Waals surface area contributed by atoms with Crippen molar-refractivity contribution in [1.29, 1.82) is 0 Å². The van der Waals surface area contributed by atoms with Crippen molar-refractivity contribution in [1.82, 2.24) is 14.3 Å². The summed E-state index contributed by atoms with van der Waals surface area (Å²) in [6.07, 6.45) is 0. The maximum absolute atomic E-state index is 12.6. The standard InChI is InChI=1S/C17H16Cl3N3O2S/c1-3-23-16-9-14(20)13(19)8-15(16)21-17(23)10(2)22-26(24,25)12-6-4-11(18)5-7-12/h4-10,22H,3H2,1-2H3. The SMILES string of the molecule is CCn1c(C(C)NS(=O)(=O)c2ccc(Cl)cc2)nc2cc(Cl)c(Cl)cc21. The zero-order chi connectivity index (χ0) is 19.1. The first-order valence-corrected chi connectivity index (χ1v) is 10.5. The fourth-order valence-electron chi connectivity index (χ4n) is 2.77. The van der Waals surface area contributed by atoms with Gasteiger partial charge in [0.1, 0.15) is 5.82 Å². The van der Waals surface area contributed by atoms with Crippen LogP contribution in [0.3, 0.4) is 0 Å². The van der Waals surface area contributed by atoms with Gasteiger partial charge >= 0.3 is 0 Å². The highest BCUT2D eigenvalue weighted by Gasteiger charge is 2.23. The molecule has 0 radical (unpaired) electrons. The molecule has 138 valence electrons. The summed E-state index contributed by atoms with van der Waals surface area (Å²) in [5.41, 5.74) is 1.46. The number of hydrogen-bond acceptors (Lipinski definition) is 3. The smallest absolute Gasteiger partial charge is 0.241 e. The van der Waals surface area contributed by atoms with Crippen LogP contribution in [0, 0.1) is 0 Å². The number of rotatable bonds is 5. The van der Waals surface area contributed by atoms with E-state index in [1.54, 1.807) is 19.1 Å². The summed E-state index contributed by atoms with van der Waals surface area (Å²) in [5, 5.41) is 1.30. The Labute approximate surface area is 166 Å². The summed E-state index contributed by atoms with van der Waals surface area (Å²) < 4.78 is 29.8. The molecule has 0 saturated heterocycles. The highest BCUT2D eigenvalue weighted by Crippen LogP contribution is 2.30. The predicted octanol–water partition coefficient (Wildman–Crippen LogP) is 5.06. The predicted molar refractivity (Wildman–Crippen MR) is 106 cm³/mol. The maximum atomic E-state index is 12.6. The molecule has 1 atom stereocenters. The Balaban J connectivity index is 1.99. The van der Waals surface area contributed by atoms with Crippen LogP contribution in [0.1, 0.15) is 25.7 Å². The first-order chi connectivity index (χ1) is 12.2. The van der Waals surface area contributed by atoms with Gasteiger partial charge in [0.05, 0.1) is 32.0 Å². The number of aryl methyl sites for hydroxylation is 1. The minimum absolute atomic E-state index is 0.138. The van der Waals surface area contributed by atoms with E-state index in [0.29, 0.717) is 33.0 Å². The van der Waals surface area contributed by atoms with Crippen molar-refractivity contribution >= 4 is 55.9 Å². The van der Waals surface area contributed by atoms with Crippen molar-refractivity contribution < 1.29 is 8.42 Å². The van der Waals surface area contributed by atoms with Crippen molar-refractivity contribution in [3.8, 4) is 0 Å². The molecule has 0 fully saturated rings. The highest BCUT2D eigenvalue weighted by molar-refractivity contribution is 7.89. The molecule has 3 aromatic rings. The van der Waals surface area contributed by atoms with Gasteiger partial charge in [0.2, 0.25) is 10.0 Å². The lowest BCUT2D eigenvalue weighted by Gasteiger charge is -2.15. The summed E-state index contributed by atoms with van der Waals surface area (Å²) in [6.45, 7) is 4.30. The van der Waals surface area contributed by atoms with E-state index in [9.17, 15) is 8.42 Å². The molecule has 2 aromatic carbocycles. The molecular formula is C17H16Cl3N3O2S. The number of aromatic nitrogens is 2. The molecule has 0 amide bonds. The van der Waals surface area contributed by atoms with Gasteiger partial charge in [-0.05, 0) is 50.2 Å². The van der Waals surface area contributed by atoms with Gasteiger partial charge in [-0.25, -0.2) is 18.1 Å². The first-order valence-electron chi connectivity index (χ1n) is 7.86. The van der Waals surface area contributed by atoms with E-state index >= 15 is 0 Å². The van der Waals surface area contributed by atoms with Crippen molar-refractivity contribution in [3.05, 3.63) is 57.3 Å². The summed E-state index contributed by atoms with van der Waals surface area (Å²) >= 11 is 18.0. The third-order valence-electron chi connectivity index (χ3n) is 3.98. The lowest BCUT2D eigenvalue weighted by atomic mass is 10.3. The number of halogens is 3. The average molecular weight is 433 g/mol. The van der Waals surface area contributed by atoms with Crippen LogP contribution < -0.4 is 4.72 Å². The lowest BCUT2D eigenvalue weighted by Crippen LogP contribution is -2.28. The minimum Gasteiger partial charge on any atom is -0.327 e. The molecule has 0 saturated carbocycles. The fourth-order valence-corrected chi connectivity index (χ4v) is 4.41. The fraction of sp³-hybridized carbons (Fsp3) is 0.235. The molecule has 9 heteroatoms. The van der Waals surface area contributed by atoms with Crippen LogP contribution in [0.4, 0.5) is 0 Å². The van der Waals surface area contributed by atoms with E-state index < -0.39 is 16.1 Å². The zero-order valence-electron chi connectivity index (χ0n) is 14.0. The topological polar surface area (TPSA) is 64.0 Å². The number of nitrogens with zero attached hydrogens (tertiary/aromatic N) is 2. The molecule has 26 heavy (non-hydrogen) atoms. The molecule has 0 spiro atoms. The zero-order valence-corrected chi connectivity index (χ0v) is 17.1. The average Bonchev–Trinajstić information content (AvgIpc) is 2.93. The second kappa shape index (κ2) is 7.37. The molecule has 1 heterocycles. The molecule has 0 aliphatic heterocycles. The van der Waals surface area contributed by atoms with Gasteiger partial charge in [0, 0.05) is 11.6 Å². The normalized spacial score (nSPS) is 13.3. The monoisotopic (exact) mass is 431 g/mol. The number of fused-ring (bicyclic) bond motifs is 1. The summed E-state index contributed by atoms with van der Waals surface area (Å²) in [7, 11) is -3.72. The molecule has 1 aromatic heterocycles. The molecular weight excluding hydrogens is 417 g/mol. The summed E-state index contributed by atoms with van der Waals surface area (Å²) in [6, 6.07) is 8.84. The number of imidazole rings is 1. The Kier molecular flexibility index (Phi) is 5.51. The lowest BCUT2D eigenvalue weighted by molar-refractivity contribution is 0.549. The Morgan fingerprint density at radius 1 is 1.12 bits per heavy atom. The Morgan fingerprint density at radius 2 is 1.73 bits per heavy atom. The molecule has 5 nitrogen and oxygen atoms in total. The quantitative estimate of drug-likeness (QED) is 0.613. The van der Waals surface area contributed by atoms with Crippen molar-refractivity contribution in [2.24, 2.45) is 0 Å². The molecule has 0 aliphatic carbocycles. The van der Waals surface area contributed by atoms with Crippen molar-refractivity contribution in [2.45, 2.75) is 31.3 Å². The highest BCUT2D eigenvalue weighted by atomic mass is 35.5. The van der Waals surface area contributed by atoms with Crippen molar-refractivity contribution in [2.75, 3.05) is 0 Å². The largest absolute Gasteiger partial charge is 0.327 e. The van der Waals surface area contributed by atoms with Crippen LogP contribution in [0.2, 0.25) is 15.1 Å². The second-order valence-corrected chi connectivity index (χ2v) is 8.73. The van der Waals surface area contributed by atoms with Gasteiger partial charge in [-0.2, -0.15) is 0 Å². The van der Waals surface area contributed by atoms with Gasteiger partial charge in [-0.15, -0.1) is 0 Å². The summed E-state index contributed by atoms with van der Waals surface area (Å²) in [5.74, 6) is 0.582. The molecule has 3 rings (SSSR count). The Bertz CT molecular complexity index is 1060. The van der Waals surface area contributed by atoms with Crippen molar-refractivity contribution in [3.63, 3.8) is 0 Å². The van der Waals surface area contributed by atoms with E-state index in [2.05, 4.69) is 9.71 Å². The van der Waals surface area contributed by atoms with Crippen LogP contribution >= 0.6 is 34.8 Å². The van der Waals surface area contributed by atoms with E-state index in [0.717, 1.165) is 5.52 Å². The van der Waals surface area contributed by atoms with Gasteiger partial charge < -0.3 is 4.57 Å². The number of hydrogen-bond donors (Lipinski definition) is 1. The van der Waals surface area contributed by atoms with E-state index in [1.807, 2.05) is 11.5 Å². The Morgan fingerprint density at radius 3 is 2.35 bits per heavy atom. The third kappa shape index (κ3) is 3.70. The molecule has 0 bridgehead atoms. The minimum atomic E-state index is -3.72.